The van der Waals surface area contributed by atoms with Gasteiger partial charge in [-0.1, -0.05) is 111 Å². The van der Waals surface area contributed by atoms with E-state index in [1.807, 2.05) is 80.7 Å². The smallest absolute Gasteiger partial charge is 0.422 e. The number of nitrogens with one attached hydrogen (secondary N) is 5. The van der Waals surface area contributed by atoms with Crippen molar-refractivity contribution in [3.8, 4) is 47.4 Å². The second-order valence-electron chi connectivity index (χ2n) is 26.0. The van der Waals surface area contributed by atoms with E-state index in [9.17, 15) is 59.1 Å². The number of hydrogen-bond donors (Lipinski definition) is 5. The number of nitrogens with zero attached hydrogens (tertiary/aromatic N) is 6. The summed E-state index contributed by atoms with van der Waals surface area (Å²) in [5, 5.41) is 21.4. The zero-order chi connectivity index (χ0) is 80.0. The molecule has 0 aromatic carbocycles. The van der Waals surface area contributed by atoms with Crippen LogP contribution in [-0.2, 0) is 23.7 Å². The van der Waals surface area contributed by atoms with Crippen LogP contribution in [0.5, 0.6) is 0 Å². The fourth-order valence-corrected chi connectivity index (χ4v) is 5.52. The molecule has 4 aromatic heterocycles. The van der Waals surface area contributed by atoms with Crippen LogP contribution in [0.3, 0.4) is 0 Å². The predicted molar refractivity (Wildman–Crippen MR) is 385 cm³/mol. The normalized spacial score (nSPS) is 11.2. The number of ether oxygens (including phenoxy) is 5. The van der Waals surface area contributed by atoms with Gasteiger partial charge < -0.3 is 50.3 Å². The van der Waals surface area contributed by atoms with E-state index in [0.29, 0.717) is 50.0 Å². The Morgan fingerprint density at radius 1 is 0.505 bits per heavy atom. The van der Waals surface area contributed by atoms with Crippen LogP contribution in [0.25, 0.3) is 0 Å². The Morgan fingerprint density at radius 3 is 1.27 bits per heavy atom. The maximum atomic E-state index is 12.9. The van der Waals surface area contributed by atoms with Crippen LogP contribution in [0, 0.1) is 82.8 Å². The molecule has 4 heterocycles. The molecule has 0 spiro atoms. The number of aromatic nitrogens is 6. The van der Waals surface area contributed by atoms with Crippen LogP contribution >= 0.6 is 11.5 Å². The van der Waals surface area contributed by atoms with E-state index in [-0.39, 0.29) is 66.9 Å². The number of alkyl carbamates (subject to hydrolysis) is 5. The zero-order valence-electron chi connectivity index (χ0n) is 63.8. The maximum Gasteiger partial charge on any atom is 0.422 e. The topological polar surface area (TPSA) is 269 Å². The number of hydrogen-bond acceptors (Lipinski definition) is 17. The minimum Gasteiger partial charge on any atom is -0.449 e. The van der Waals surface area contributed by atoms with Gasteiger partial charge in [-0.3, -0.25) is 0 Å². The van der Waals surface area contributed by atoms with Crippen LogP contribution in [0.15, 0.2) is 67.1 Å². The number of alkyl halides is 7. The first-order valence-electron chi connectivity index (χ1n) is 33.1. The highest BCUT2D eigenvalue weighted by Crippen LogP contribution is 2.39. The third kappa shape index (κ3) is 78.5. The van der Waals surface area contributed by atoms with E-state index in [0.717, 1.165) is 16.7 Å². The Hall–Kier alpha value is -9.03. The minimum absolute atomic E-state index is 0.0141. The molecule has 578 valence electrons. The van der Waals surface area contributed by atoms with E-state index >= 15 is 0 Å². The van der Waals surface area contributed by atoms with Crippen molar-refractivity contribution in [3.05, 3.63) is 95.3 Å². The van der Waals surface area contributed by atoms with E-state index in [4.69, 9.17) is 4.74 Å². The molecular weight excluding hydrogens is 1370 g/mol. The Morgan fingerprint density at radius 2 is 0.913 bits per heavy atom. The fourth-order valence-electron chi connectivity index (χ4n) is 5.05. The second-order valence-corrected chi connectivity index (χ2v) is 26.7. The average Bonchev–Trinajstić information content (AvgIpc) is 1.70. The van der Waals surface area contributed by atoms with Gasteiger partial charge in [0.05, 0.1) is 36.3 Å². The summed E-state index contributed by atoms with van der Waals surface area (Å²) in [5.41, 5.74) is 0.377. The van der Waals surface area contributed by atoms with Gasteiger partial charge in [-0.2, -0.15) is 27.7 Å². The molecule has 0 saturated heterocycles. The van der Waals surface area contributed by atoms with Crippen molar-refractivity contribution in [2.75, 3.05) is 33.0 Å². The molecule has 5 N–H and O–H groups in total. The SMILES string of the molecule is CC(C)C#Cc1ccnnc1.CC(C)C#Cc1cncnc1.CC(C)C#Cc1cnsc1.CC(C)C#Cc1ncccc1F.CC(C)COC(=O)NC(C)C.CC(C)NC(=O)OCC(C)(C)F.CC(C)NC(=O)OCC(C)(F)F.CC(C)NC(=O)OCC(F)(F)F.CC(C)NC(=O)OCC1(F)CC1. The van der Waals surface area contributed by atoms with Gasteiger partial charge in [0, 0.05) is 90.3 Å². The van der Waals surface area contributed by atoms with Gasteiger partial charge in [0.15, 0.2) is 19.0 Å². The van der Waals surface area contributed by atoms with Gasteiger partial charge in [0.1, 0.15) is 36.6 Å². The minimum atomic E-state index is -4.46. The van der Waals surface area contributed by atoms with Gasteiger partial charge in [0.25, 0.3) is 5.92 Å². The van der Waals surface area contributed by atoms with Gasteiger partial charge in [-0.05, 0) is 137 Å². The highest BCUT2D eigenvalue weighted by Gasteiger charge is 2.44. The zero-order valence-corrected chi connectivity index (χ0v) is 64.6. The molecule has 1 saturated carbocycles. The summed E-state index contributed by atoms with van der Waals surface area (Å²) in [5.74, 6) is 22.2. The molecule has 0 bridgehead atoms. The Labute approximate surface area is 609 Å². The standard InChI is InChI=1S/C10H10FN.2C9H10N2.C8H14FNO2.C8H16FNO2.C8H17NO2.C8H9NS.C7H13F2NO2.C6H10F3NO2/c1-8(2)5-6-10-9(11)4-3-7-12-10;1-8(2)3-4-9-5-10-7-11-6-9;1-8(2)3-4-9-5-6-10-11-7-9;1-6(2)10-7(11)12-5-8(9)3-4-8;1-6(2)10-7(11)12-5-8(3,4)9;1-6(2)5-11-8(10)9-7(3)4;1-7(2)3-4-8-5-9-10-6-8;1-5(2)10-6(11)12-4-7(3,8)9;1-4(2)10-5(11)12-3-6(7,8)9/h3-4,7-8H,1-2H3;2*5-8H,1-2H3;6H,3-5H2,1-2H3,(H,10,11);6H,5H2,1-4H3,(H,10,11);6-7H,5H2,1-4H3,(H,9,10);5-7H,1-2H3;5H,4H2,1-3H3,(H,10,11);4H,3H2,1-2H3,(H,10,11). The Bertz CT molecular complexity index is 3000. The second kappa shape index (κ2) is 56.5. The summed E-state index contributed by atoms with van der Waals surface area (Å²) < 4.78 is 123. The summed E-state index contributed by atoms with van der Waals surface area (Å²) in [4.78, 5) is 65.1. The van der Waals surface area contributed by atoms with E-state index in [1.165, 1.54) is 44.0 Å². The van der Waals surface area contributed by atoms with Gasteiger partial charge in [-0.15, -0.1) is 0 Å². The lowest BCUT2D eigenvalue weighted by Gasteiger charge is -2.15. The highest BCUT2D eigenvalue weighted by atomic mass is 32.1. The van der Waals surface area contributed by atoms with Crippen molar-refractivity contribution in [1.82, 2.24) is 56.1 Å². The average molecular weight is 1480 g/mol. The molecule has 103 heavy (non-hydrogen) atoms. The number of carbonyl (C=O) groups excluding carboxylic acids is 5. The fraction of sp³-hybridized carbons (Fsp3) is 0.603. The van der Waals surface area contributed by atoms with Crippen molar-refractivity contribution >= 4 is 42.0 Å². The molecule has 1 aliphatic carbocycles. The number of pyridine rings is 1. The Kier molecular flexibility index (Phi) is 55.0. The van der Waals surface area contributed by atoms with Crippen molar-refractivity contribution in [3.63, 3.8) is 0 Å². The molecule has 1 aliphatic rings. The molecule has 0 radical (unpaired) electrons. The number of rotatable bonds is 14. The van der Waals surface area contributed by atoms with Gasteiger partial charge in [0.2, 0.25) is 0 Å². The van der Waals surface area contributed by atoms with Crippen molar-refractivity contribution in [2.45, 2.75) is 226 Å². The maximum absolute atomic E-state index is 12.9. The van der Waals surface area contributed by atoms with E-state index in [2.05, 4.69) is 164 Å². The molecular formula is C73H109F8N11O10S. The molecule has 1 fully saturated rings. The highest BCUT2D eigenvalue weighted by molar-refractivity contribution is 7.03. The van der Waals surface area contributed by atoms with Crippen LogP contribution in [0.2, 0.25) is 0 Å². The molecule has 0 atom stereocenters. The van der Waals surface area contributed by atoms with Crippen LogP contribution in [0.1, 0.15) is 194 Å². The predicted octanol–water partition coefficient (Wildman–Crippen LogP) is 16.1. The van der Waals surface area contributed by atoms with Gasteiger partial charge >= 0.3 is 36.6 Å². The molecule has 0 aliphatic heterocycles. The summed E-state index contributed by atoms with van der Waals surface area (Å²) >= 11 is 1.44. The lowest BCUT2D eigenvalue weighted by molar-refractivity contribution is -0.160. The van der Waals surface area contributed by atoms with Crippen LogP contribution in [-0.4, -0.2) is 147 Å². The summed E-state index contributed by atoms with van der Waals surface area (Å²) in [6.45, 7) is 39.1. The molecule has 30 heteroatoms. The first-order valence-corrected chi connectivity index (χ1v) is 33.9. The Balaban J connectivity index is -0.000000535. The largest absolute Gasteiger partial charge is 0.449 e. The number of halogens is 8. The van der Waals surface area contributed by atoms with Crippen LogP contribution < -0.4 is 26.6 Å². The molecule has 5 amide bonds. The summed E-state index contributed by atoms with van der Waals surface area (Å²) in [7, 11) is 0. The van der Waals surface area contributed by atoms with Crippen molar-refractivity contribution in [2.24, 2.45) is 29.6 Å². The first kappa shape index (κ1) is 100. The first-order chi connectivity index (χ1) is 47.5. The third-order valence-electron chi connectivity index (χ3n) is 9.54. The molecule has 5 rings (SSSR count). The molecule has 4 aromatic rings. The number of amides is 5. The van der Waals surface area contributed by atoms with E-state index < -0.39 is 61.0 Å². The molecule has 21 nitrogen and oxygen atoms in total. The lowest BCUT2D eigenvalue weighted by Crippen LogP contribution is -2.34. The quantitative estimate of drug-likeness (QED) is 0.0446. The number of carbonyl (C=O) groups is 5. The summed E-state index contributed by atoms with van der Waals surface area (Å²) in [6, 6.07) is 4.62. The van der Waals surface area contributed by atoms with E-state index in [1.54, 1.807) is 64.7 Å². The van der Waals surface area contributed by atoms with Crippen molar-refractivity contribution in [1.29, 1.82) is 0 Å². The van der Waals surface area contributed by atoms with Crippen LogP contribution in [0.4, 0.5) is 59.1 Å². The monoisotopic (exact) mass is 1480 g/mol. The van der Waals surface area contributed by atoms with Crippen molar-refractivity contribution < 1.29 is 82.8 Å². The van der Waals surface area contributed by atoms with Gasteiger partial charge in [-0.25, -0.2) is 60.9 Å². The summed E-state index contributed by atoms with van der Waals surface area (Å²) in [6.07, 6.45) is 4.82. The lowest BCUT2D eigenvalue weighted by atomic mass is 10.2. The third-order valence-corrected chi connectivity index (χ3v) is 10.1. The molecule has 0 unspecified atom stereocenters.